The van der Waals surface area contributed by atoms with E-state index in [1.165, 1.54) is 0 Å². The molecule has 0 aromatic heterocycles. The van der Waals surface area contributed by atoms with Crippen LogP contribution in [-0.4, -0.2) is 41.8 Å². The van der Waals surface area contributed by atoms with Gasteiger partial charge in [-0.15, -0.1) is 0 Å². The summed E-state index contributed by atoms with van der Waals surface area (Å²) in [5.74, 6) is -0.890. The number of aliphatic carboxylic acids is 1. The van der Waals surface area contributed by atoms with Gasteiger partial charge >= 0.3 is 5.97 Å². The third-order valence-electron chi connectivity index (χ3n) is 1.64. The van der Waals surface area contributed by atoms with Gasteiger partial charge in [-0.05, 0) is 6.42 Å². The van der Waals surface area contributed by atoms with Crippen molar-refractivity contribution in [2.45, 2.75) is 25.2 Å². The molecule has 0 aromatic rings. The zero-order chi connectivity index (χ0) is 8.97. The Labute approximate surface area is 69.9 Å². The SMILES string of the molecule is O=C(O)CC1CCOC(CO)O1. The van der Waals surface area contributed by atoms with Crippen LogP contribution in [0.15, 0.2) is 0 Å². The van der Waals surface area contributed by atoms with Gasteiger partial charge in [0.2, 0.25) is 0 Å². The first-order chi connectivity index (χ1) is 5.72. The Morgan fingerprint density at radius 3 is 2.92 bits per heavy atom. The summed E-state index contributed by atoms with van der Waals surface area (Å²) in [5.41, 5.74) is 0. The number of carbonyl (C=O) groups is 1. The van der Waals surface area contributed by atoms with Crippen molar-refractivity contribution < 1.29 is 24.5 Å². The van der Waals surface area contributed by atoms with Crippen molar-refractivity contribution in [3.63, 3.8) is 0 Å². The Bertz CT molecular complexity index is 158. The maximum Gasteiger partial charge on any atom is 0.305 e. The molecule has 1 aliphatic heterocycles. The minimum absolute atomic E-state index is 0.0279. The van der Waals surface area contributed by atoms with Crippen LogP contribution in [0, 0.1) is 0 Å². The predicted octanol–water partition coefficient (Wildman–Crippen LogP) is -0.415. The highest BCUT2D eigenvalue weighted by Gasteiger charge is 2.23. The molecule has 5 heteroatoms. The van der Waals surface area contributed by atoms with Gasteiger partial charge in [0.15, 0.2) is 6.29 Å². The molecule has 0 amide bonds. The van der Waals surface area contributed by atoms with Gasteiger partial charge in [0.25, 0.3) is 0 Å². The van der Waals surface area contributed by atoms with Gasteiger partial charge in [-0.2, -0.15) is 0 Å². The summed E-state index contributed by atoms with van der Waals surface area (Å²) >= 11 is 0. The largest absolute Gasteiger partial charge is 0.481 e. The van der Waals surface area contributed by atoms with Crippen LogP contribution in [0.1, 0.15) is 12.8 Å². The molecule has 0 spiro atoms. The second-order valence-electron chi connectivity index (χ2n) is 2.63. The van der Waals surface area contributed by atoms with Crippen molar-refractivity contribution in [2.75, 3.05) is 13.2 Å². The average molecular weight is 176 g/mol. The normalized spacial score (nSPS) is 30.1. The van der Waals surface area contributed by atoms with Gasteiger partial charge in [-0.25, -0.2) is 0 Å². The molecule has 0 radical (unpaired) electrons. The number of hydrogen-bond donors (Lipinski definition) is 2. The highest BCUT2D eigenvalue weighted by atomic mass is 16.7. The van der Waals surface area contributed by atoms with E-state index in [1.807, 2.05) is 0 Å². The molecule has 70 valence electrons. The van der Waals surface area contributed by atoms with Crippen molar-refractivity contribution in [1.29, 1.82) is 0 Å². The third kappa shape index (κ3) is 2.77. The molecule has 0 saturated carbocycles. The molecule has 1 heterocycles. The van der Waals surface area contributed by atoms with Crippen LogP contribution in [0.4, 0.5) is 0 Å². The van der Waals surface area contributed by atoms with Crippen LogP contribution in [0.3, 0.4) is 0 Å². The highest BCUT2D eigenvalue weighted by Crippen LogP contribution is 2.14. The summed E-state index contributed by atoms with van der Waals surface area (Å²) < 4.78 is 10.1. The van der Waals surface area contributed by atoms with E-state index in [-0.39, 0.29) is 19.1 Å². The lowest BCUT2D eigenvalue weighted by Crippen LogP contribution is -2.35. The van der Waals surface area contributed by atoms with Gasteiger partial charge in [0, 0.05) is 0 Å². The minimum atomic E-state index is -0.890. The van der Waals surface area contributed by atoms with Crippen molar-refractivity contribution in [1.82, 2.24) is 0 Å². The lowest BCUT2D eigenvalue weighted by Gasteiger charge is -2.27. The third-order valence-corrected chi connectivity index (χ3v) is 1.64. The van der Waals surface area contributed by atoms with E-state index in [1.54, 1.807) is 0 Å². The maximum atomic E-state index is 10.3. The average Bonchev–Trinajstić information content (AvgIpc) is 2.03. The molecule has 2 unspecified atom stereocenters. The number of aliphatic hydroxyl groups excluding tert-OH is 1. The lowest BCUT2D eigenvalue weighted by atomic mass is 10.2. The maximum absolute atomic E-state index is 10.3. The number of ether oxygens (including phenoxy) is 2. The van der Waals surface area contributed by atoms with Gasteiger partial charge < -0.3 is 19.7 Å². The van der Waals surface area contributed by atoms with E-state index in [0.717, 1.165) is 0 Å². The lowest BCUT2D eigenvalue weighted by molar-refractivity contribution is -0.227. The van der Waals surface area contributed by atoms with E-state index < -0.39 is 12.3 Å². The molecular weight excluding hydrogens is 164 g/mol. The highest BCUT2D eigenvalue weighted by molar-refractivity contribution is 5.67. The van der Waals surface area contributed by atoms with Crippen LogP contribution < -0.4 is 0 Å². The van der Waals surface area contributed by atoms with Crippen molar-refractivity contribution in [3.8, 4) is 0 Å². The fraction of sp³-hybridized carbons (Fsp3) is 0.857. The predicted molar refractivity (Wildman–Crippen MR) is 38.6 cm³/mol. The van der Waals surface area contributed by atoms with Crippen LogP contribution in [0.25, 0.3) is 0 Å². The van der Waals surface area contributed by atoms with Crippen LogP contribution in [0.2, 0.25) is 0 Å². The summed E-state index contributed by atoms with van der Waals surface area (Å²) in [5, 5.41) is 17.1. The molecule has 2 atom stereocenters. The number of hydrogen-bond acceptors (Lipinski definition) is 4. The summed E-state index contributed by atoms with van der Waals surface area (Å²) in [4.78, 5) is 10.3. The molecule has 5 nitrogen and oxygen atoms in total. The van der Waals surface area contributed by atoms with E-state index in [4.69, 9.17) is 19.7 Å². The Hall–Kier alpha value is -0.650. The van der Waals surface area contributed by atoms with Crippen LogP contribution in [0.5, 0.6) is 0 Å². The van der Waals surface area contributed by atoms with Gasteiger partial charge in [0.05, 0.1) is 25.7 Å². The van der Waals surface area contributed by atoms with Crippen molar-refractivity contribution in [2.24, 2.45) is 0 Å². The summed E-state index contributed by atoms with van der Waals surface area (Å²) in [7, 11) is 0. The van der Waals surface area contributed by atoms with E-state index in [9.17, 15) is 4.79 Å². The molecule has 1 rings (SSSR count). The topological polar surface area (TPSA) is 76.0 Å². The fourth-order valence-corrected chi connectivity index (χ4v) is 1.09. The van der Waals surface area contributed by atoms with Crippen LogP contribution in [-0.2, 0) is 14.3 Å². The first kappa shape index (κ1) is 9.44. The molecule has 12 heavy (non-hydrogen) atoms. The number of aliphatic hydroxyl groups is 1. The summed E-state index contributed by atoms with van der Waals surface area (Å²) in [6.45, 7) is 0.222. The number of carboxylic acids is 1. The molecule has 2 N–H and O–H groups in total. The Balaban J connectivity index is 2.30. The van der Waals surface area contributed by atoms with Crippen molar-refractivity contribution in [3.05, 3.63) is 0 Å². The first-order valence-corrected chi connectivity index (χ1v) is 3.82. The zero-order valence-corrected chi connectivity index (χ0v) is 6.60. The number of rotatable bonds is 3. The minimum Gasteiger partial charge on any atom is -0.481 e. The van der Waals surface area contributed by atoms with Gasteiger partial charge in [-0.1, -0.05) is 0 Å². The van der Waals surface area contributed by atoms with Crippen molar-refractivity contribution >= 4 is 5.97 Å². The van der Waals surface area contributed by atoms with E-state index in [0.29, 0.717) is 13.0 Å². The quantitative estimate of drug-likeness (QED) is 0.611. The van der Waals surface area contributed by atoms with Gasteiger partial charge in [0.1, 0.15) is 0 Å². The molecular formula is C7H12O5. The second-order valence-corrected chi connectivity index (χ2v) is 2.63. The monoisotopic (exact) mass is 176 g/mol. The molecule has 0 aromatic carbocycles. The molecule has 0 bridgehead atoms. The summed E-state index contributed by atoms with van der Waals surface area (Å²) in [6.07, 6.45) is -0.431. The Morgan fingerprint density at radius 1 is 1.58 bits per heavy atom. The fourth-order valence-electron chi connectivity index (χ4n) is 1.09. The molecule has 1 saturated heterocycles. The molecule has 1 fully saturated rings. The van der Waals surface area contributed by atoms with Crippen LogP contribution >= 0.6 is 0 Å². The molecule has 1 aliphatic rings. The smallest absolute Gasteiger partial charge is 0.305 e. The Kier molecular flexibility index (Phi) is 3.46. The van der Waals surface area contributed by atoms with E-state index >= 15 is 0 Å². The second kappa shape index (κ2) is 4.39. The molecule has 0 aliphatic carbocycles. The standard InChI is InChI=1S/C7H12O5/c8-4-7-11-2-1-5(12-7)3-6(9)10/h5,7-8H,1-4H2,(H,9,10). The Morgan fingerprint density at radius 2 is 2.33 bits per heavy atom. The summed E-state index contributed by atoms with van der Waals surface area (Å²) in [6, 6.07) is 0. The van der Waals surface area contributed by atoms with E-state index in [2.05, 4.69) is 0 Å². The zero-order valence-electron chi connectivity index (χ0n) is 6.60. The van der Waals surface area contributed by atoms with Gasteiger partial charge in [-0.3, -0.25) is 4.79 Å². The first-order valence-electron chi connectivity index (χ1n) is 3.82. The number of carboxylic acid groups (broad SMARTS) is 1.